The van der Waals surface area contributed by atoms with Gasteiger partial charge in [-0.3, -0.25) is 0 Å². The third kappa shape index (κ3) is 6.19. The second-order valence-electron chi connectivity index (χ2n) is 8.39. The molecule has 1 amide bonds. The van der Waals surface area contributed by atoms with E-state index in [1.165, 1.54) is 38.9 Å². The first-order valence-corrected chi connectivity index (χ1v) is 9.68. The van der Waals surface area contributed by atoms with Gasteiger partial charge in [-0.05, 0) is 76.5 Å². The molecule has 3 aliphatic rings. The molecule has 2 bridgehead atoms. The number of carbonyl (C=O) groups is 2. The minimum atomic E-state index is -0.471. The summed E-state index contributed by atoms with van der Waals surface area (Å²) < 4.78 is 9.96. The van der Waals surface area contributed by atoms with E-state index in [1.807, 2.05) is 26.8 Å². The summed E-state index contributed by atoms with van der Waals surface area (Å²) in [6, 6.07) is 0. The predicted octanol–water partition coefficient (Wildman–Crippen LogP) is 4.24. The molecule has 146 valence electrons. The van der Waals surface area contributed by atoms with E-state index in [2.05, 4.69) is 22.2 Å². The first kappa shape index (κ1) is 20.5. The Bertz CT molecular complexity index is 539. The largest absolute Gasteiger partial charge is 0.466 e. The lowest BCUT2D eigenvalue weighted by atomic mass is 9.58. The van der Waals surface area contributed by atoms with Crippen LogP contribution in [-0.2, 0) is 14.3 Å². The van der Waals surface area contributed by atoms with Crippen molar-refractivity contribution in [1.82, 2.24) is 5.32 Å². The molecule has 0 saturated heterocycles. The highest BCUT2D eigenvalue weighted by Gasteiger charge is 2.42. The van der Waals surface area contributed by atoms with Gasteiger partial charge in [0.25, 0.3) is 0 Å². The average Bonchev–Trinajstić information content (AvgIpc) is 2.59. The van der Waals surface area contributed by atoms with Gasteiger partial charge in [-0.15, -0.1) is 0 Å². The van der Waals surface area contributed by atoms with Gasteiger partial charge >= 0.3 is 12.1 Å². The number of esters is 1. The molecule has 26 heavy (non-hydrogen) atoms. The lowest BCUT2D eigenvalue weighted by Crippen LogP contribution is -2.45. The van der Waals surface area contributed by atoms with E-state index in [9.17, 15) is 9.59 Å². The highest BCUT2D eigenvalue weighted by atomic mass is 16.6. The molecular weight excluding hydrogens is 330 g/mol. The Kier molecular flexibility index (Phi) is 7.30. The summed E-state index contributed by atoms with van der Waals surface area (Å²) in [5, 5.41) is 2.98. The third-order valence-corrected chi connectivity index (χ3v) is 5.43. The monoisotopic (exact) mass is 363 g/mol. The molecule has 0 aromatic carbocycles. The Hall–Kier alpha value is -1.78. The summed E-state index contributed by atoms with van der Waals surface area (Å²) in [7, 11) is 1.38. The smallest absolute Gasteiger partial charge is 0.407 e. The molecule has 0 aromatic rings. The molecule has 0 spiro atoms. The van der Waals surface area contributed by atoms with Crippen LogP contribution in [0.2, 0.25) is 0 Å². The van der Waals surface area contributed by atoms with E-state index in [1.54, 1.807) is 0 Å². The maximum atomic E-state index is 12.0. The molecule has 0 aliphatic heterocycles. The molecule has 1 N–H and O–H groups in total. The zero-order valence-electron chi connectivity index (χ0n) is 16.5. The van der Waals surface area contributed by atoms with Crippen LogP contribution in [0.4, 0.5) is 4.79 Å². The Morgan fingerprint density at radius 3 is 2.35 bits per heavy atom. The number of rotatable bonds is 6. The standard InChI is InChI=1S/C21H33NO4/c1-21(2,3)26-20(24)22-14-18-16-12-10-15(11-13-16)17(18)8-6-5-7-9-19(23)25-4/h6-9,15-18H,5,10-14H2,1-4H3,(H,22,24)/t15?,16?,17-,18-/m0/s1. The molecule has 0 aromatic heterocycles. The SMILES string of the molecule is COC(=O)C=CCC=C[C@H]1C2CCC(CC2)[C@@H]1CNC(=O)OC(C)(C)C. The maximum absolute atomic E-state index is 12.0. The van der Waals surface area contributed by atoms with Crippen molar-refractivity contribution in [2.24, 2.45) is 23.7 Å². The zero-order chi connectivity index (χ0) is 19.2. The van der Waals surface area contributed by atoms with Gasteiger partial charge in [0.05, 0.1) is 7.11 Å². The van der Waals surface area contributed by atoms with Crippen LogP contribution in [0.15, 0.2) is 24.3 Å². The summed E-state index contributed by atoms with van der Waals surface area (Å²) >= 11 is 0. The second kappa shape index (κ2) is 9.24. The highest BCUT2D eigenvalue weighted by Crippen LogP contribution is 2.49. The number of ether oxygens (including phenoxy) is 2. The van der Waals surface area contributed by atoms with Crippen LogP contribution in [0.5, 0.6) is 0 Å². The molecule has 5 heteroatoms. The summed E-state index contributed by atoms with van der Waals surface area (Å²) in [6.45, 7) is 6.30. The van der Waals surface area contributed by atoms with Crippen molar-refractivity contribution in [3.63, 3.8) is 0 Å². The van der Waals surface area contributed by atoms with Crippen LogP contribution in [0.1, 0.15) is 52.9 Å². The van der Waals surface area contributed by atoms with Crippen LogP contribution in [-0.4, -0.2) is 31.3 Å². The van der Waals surface area contributed by atoms with E-state index >= 15 is 0 Å². The second-order valence-corrected chi connectivity index (χ2v) is 8.39. The Balaban J connectivity index is 1.91. The quantitative estimate of drug-likeness (QED) is 0.435. The summed E-state index contributed by atoms with van der Waals surface area (Å²) in [6.07, 6.45) is 13.2. The van der Waals surface area contributed by atoms with Gasteiger partial charge in [-0.2, -0.15) is 0 Å². The zero-order valence-corrected chi connectivity index (χ0v) is 16.5. The predicted molar refractivity (Wildman–Crippen MR) is 102 cm³/mol. The topological polar surface area (TPSA) is 64.6 Å². The number of methoxy groups -OCH3 is 1. The molecule has 5 nitrogen and oxygen atoms in total. The Labute approximate surface area is 157 Å². The van der Waals surface area contributed by atoms with Crippen molar-refractivity contribution < 1.29 is 19.1 Å². The fourth-order valence-electron chi connectivity index (χ4n) is 4.29. The number of carbonyl (C=O) groups excluding carboxylic acids is 2. The van der Waals surface area contributed by atoms with E-state index in [4.69, 9.17) is 4.74 Å². The molecular formula is C21H33NO4. The first-order chi connectivity index (χ1) is 12.3. The number of fused-ring (bicyclic) bond motifs is 3. The van der Waals surface area contributed by atoms with Gasteiger partial charge in [0.15, 0.2) is 0 Å². The number of hydrogen-bond acceptors (Lipinski definition) is 4. The highest BCUT2D eigenvalue weighted by molar-refractivity contribution is 5.81. The number of hydrogen-bond donors (Lipinski definition) is 1. The Morgan fingerprint density at radius 1 is 1.08 bits per heavy atom. The van der Waals surface area contributed by atoms with Crippen molar-refractivity contribution in [3.05, 3.63) is 24.3 Å². The molecule has 3 fully saturated rings. The van der Waals surface area contributed by atoms with Gasteiger partial charge in [0.2, 0.25) is 0 Å². The maximum Gasteiger partial charge on any atom is 0.407 e. The third-order valence-electron chi connectivity index (χ3n) is 5.43. The van der Waals surface area contributed by atoms with E-state index in [-0.39, 0.29) is 12.1 Å². The van der Waals surface area contributed by atoms with Crippen molar-refractivity contribution >= 4 is 12.1 Å². The fourth-order valence-corrected chi connectivity index (χ4v) is 4.29. The van der Waals surface area contributed by atoms with Crippen LogP contribution < -0.4 is 5.32 Å². The summed E-state index contributed by atoms with van der Waals surface area (Å²) in [5.41, 5.74) is -0.471. The van der Waals surface area contributed by atoms with Crippen LogP contribution in [0.25, 0.3) is 0 Å². The van der Waals surface area contributed by atoms with E-state index in [0.717, 1.165) is 6.42 Å². The molecule has 0 heterocycles. The minimum Gasteiger partial charge on any atom is -0.466 e. The lowest BCUT2D eigenvalue weighted by Gasteiger charge is -2.48. The van der Waals surface area contributed by atoms with Gasteiger partial charge in [0, 0.05) is 12.6 Å². The molecule has 3 aliphatic carbocycles. The van der Waals surface area contributed by atoms with Crippen molar-refractivity contribution in [2.75, 3.05) is 13.7 Å². The van der Waals surface area contributed by atoms with Crippen LogP contribution in [0.3, 0.4) is 0 Å². The van der Waals surface area contributed by atoms with Crippen molar-refractivity contribution in [2.45, 2.75) is 58.5 Å². The Morgan fingerprint density at radius 2 is 1.73 bits per heavy atom. The molecule has 3 rings (SSSR count). The molecule has 0 unspecified atom stereocenters. The minimum absolute atomic E-state index is 0.324. The van der Waals surface area contributed by atoms with Gasteiger partial charge in [-0.1, -0.05) is 18.2 Å². The van der Waals surface area contributed by atoms with E-state index in [0.29, 0.717) is 30.2 Å². The lowest BCUT2D eigenvalue weighted by molar-refractivity contribution is -0.134. The van der Waals surface area contributed by atoms with Gasteiger partial charge in [-0.25, -0.2) is 9.59 Å². The van der Waals surface area contributed by atoms with E-state index < -0.39 is 5.60 Å². The summed E-state index contributed by atoms with van der Waals surface area (Å²) in [4.78, 5) is 23.1. The van der Waals surface area contributed by atoms with Gasteiger partial charge in [0.1, 0.15) is 5.60 Å². The van der Waals surface area contributed by atoms with Crippen molar-refractivity contribution in [1.29, 1.82) is 0 Å². The van der Waals surface area contributed by atoms with Crippen LogP contribution in [0, 0.1) is 23.7 Å². The summed E-state index contributed by atoms with van der Waals surface area (Å²) in [5.74, 6) is 2.01. The molecule has 3 saturated carbocycles. The number of alkyl carbamates (subject to hydrolysis) is 1. The normalized spacial score (nSPS) is 28.5. The van der Waals surface area contributed by atoms with Crippen LogP contribution >= 0.6 is 0 Å². The van der Waals surface area contributed by atoms with Gasteiger partial charge < -0.3 is 14.8 Å². The number of allylic oxidation sites excluding steroid dienone is 3. The average molecular weight is 363 g/mol. The number of nitrogens with one attached hydrogen (secondary N) is 1. The number of amides is 1. The van der Waals surface area contributed by atoms with Crippen molar-refractivity contribution in [3.8, 4) is 0 Å². The first-order valence-electron chi connectivity index (χ1n) is 9.68. The molecule has 2 atom stereocenters. The fraction of sp³-hybridized carbons (Fsp3) is 0.714. The molecule has 0 radical (unpaired) electrons.